The molecule has 0 radical (unpaired) electrons. The number of nitrogens with one attached hydrogen (secondary N) is 2. The number of H-pyrrole nitrogens is 1. The molecule has 0 aliphatic heterocycles. The quantitative estimate of drug-likeness (QED) is 0.646. The molecule has 0 aliphatic rings. The summed E-state index contributed by atoms with van der Waals surface area (Å²) >= 11 is 0. The molecule has 3 N–H and O–H groups in total. The van der Waals surface area contributed by atoms with Gasteiger partial charge in [-0.15, -0.1) is 0 Å². The normalized spacial score (nSPS) is 10.1. The number of aromatic carboxylic acids is 1. The van der Waals surface area contributed by atoms with Crippen molar-refractivity contribution >= 4 is 29.1 Å². The van der Waals surface area contributed by atoms with Crippen LogP contribution in [-0.4, -0.2) is 27.5 Å². The first-order valence-corrected chi connectivity index (χ1v) is 4.13. The lowest BCUT2D eigenvalue weighted by Crippen LogP contribution is -2.04. The summed E-state index contributed by atoms with van der Waals surface area (Å²) in [6.07, 6.45) is 1.89. The minimum atomic E-state index is -1.10. The number of amides is 1. The maximum absolute atomic E-state index is 10.9. The highest BCUT2D eigenvalue weighted by Crippen LogP contribution is 2.21. The molecule has 0 fully saturated rings. The van der Waals surface area contributed by atoms with Crippen molar-refractivity contribution in [3.8, 4) is 0 Å². The van der Waals surface area contributed by atoms with Crippen molar-refractivity contribution in [1.29, 1.82) is 0 Å². The zero-order valence-electron chi connectivity index (χ0n) is 7.52. The molecular formula is C9H7N3O3. The van der Waals surface area contributed by atoms with Crippen LogP contribution in [0.3, 0.4) is 0 Å². The van der Waals surface area contributed by atoms with Gasteiger partial charge in [-0.2, -0.15) is 0 Å². The second kappa shape index (κ2) is 3.41. The van der Waals surface area contributed by atoms with Gasteiger partial charge in [0.15, 0.2) is 0 Å². The zero-order chi connectivity index (χ0) is 10.8. The average molecular weight is 205 g/mol. The summed E-state index contributed by atoms with van der Waals surface area (Å²) in [6.45, 7) is 0. The fourth-order valence-corrected chi connectivity index (χ4v) is 1.34. The maximum atomic E-state index is 10.9. The maximum Gasteiger partial charge on any atom is 0.337 e. The molecule has 0 unspecified atom stereocenters. The third kappa shape index (κ3) is 1.52. The third-order valence-electron chi connectivity index (χ3n) is 2.00. The van der Waals surface area contributed by atoms with Gasteiger partial charge in [-0.3, -0.25) is 4.79 Å². The fraction of sp³-hybridized carbons (Fsp3) is 0. The van der Waals surface area contributed by atoms with Gasteiger partial charge in [-0.25, -0.2) is 9.78 Å². The molecule has 0 bridgehead atoms. The first-order valence-electron chi connectivity index (χ1n) is 4.13. The number of carboxylic acids is 1. The molecule has 0 saturated heterocycles. The predicted octanol–water partition coefficient (Wildman–Crippen LogP) is 0.829. The Hall–Kier alpha value is -2.37. The molecule has 0 aliphatic carbocycles. The van der Waals surface area contributed by atoms with Crippen LogP contribution in [0.5, 0.6) is 0 Å². The smallest absolute Gasteiger partial charge is 0.337 e. The van der Waals surface area contributed by atoms with E-state index in [0.717, 1.165) is 0 Å². The van der Waals surface area contributed by atoms with Gasteiger partial charge in [0.2, 0.25) is 6.41 Å². The molecule has 2 aromatic rings. The van der Waals surface area contributed by atoms with E-state index in [-0.39, 0.29) is 11.3 Å². The molecule has 1 aromatic heterocycles. The number of nitrogens with zero attached hydrogens (tertiary/aromatic N) is 1. The van der Waals surface area contributed by atoms with Crippen LogP contribution in [0.1, 0.15) is 10.4 Å². The number of benzene rings is 1. The molecule has 1 heterocycles. The van der Waals surface area contributed by atoms with E-state index < -0.39 is 5.97 Å². The van der Waals surface area contributed by atoms with Crippen LogP contribution in [0.2, 0.25) is 0 Å². The first-order chi connectivity index (χ1) is 7.22. The summed E-state index contributed by atoms with van der Waals surface area (Å²) in [5, 5.41) is 11.2. The average Bonchev–Trinajstić information content (AvgIpc) is 2.63. The Labute approximate surface area is 83.9 Å². The molecule has 15 heavy (non-hydrogen) atoms. The van der Waals surface area contributed by atoms with E-state index >= 15 is 0 Å². The van der Waals surface area contributed by atoms with Gasteiger partial charge < -0.3 is 15.4 Å². The third-order valence-corrected chi connectivity index (χ3v) is 2.00. The van der Waals surface area contributed by atoms with Gasteiger partial charge in [-0.05, 0) is 12.1 Å². The van der Waals surface area contributed by atoms with Crippen LogP contribution in [0.25, 0.3) is 11.0 Å². The van der Waals surface area contributed by atoms with Crippen LogP contribution in [0.15, 0.2) is 18.5 Å². The minimum Gasteiger partial charge on any atom is -0.478 e. The number of hydrogen-bond acceptors (Lipinski definition) is 3. The van der Waals surface area contributed by atoms with Crippen molar-refractivity contribution in [3.63, 3.8) is 0 Å². The summed E-state index contributed by atoms with van der Waals surface area (Å²) in [4.78, 5) is 27.9. The van der Waals surface area contributed by atoms with E-state index in [9.17, 15) is 9.59 Å². The lowest BCUT2D eigenvalue weighted by atomic mass is 10.1. The molecule has 6 nitrogen and oxygen atoms in total. The van der Waals surface area contributed by atoms with Crippen LogP contribution in [-0.2, 0) is 4.79 Å². The summed E-state index contributed by atoms with van der Waals surface area (Å²) in [6, 6.07) is 2.93. The molecule has 1 amide bonds. The largest absolute Gasteiger partial charge is 0.478 e. The van der Waals surface area contributed by atoms with Crippen molar-refractivity contribution in [2.24, 2.45) is 0 Å². The number of aromatic nitrogens is 2. The molecule has 0 spiro atoms. The minimum absolute atomic E-state index is 0.0267. The van der Waals surface area contributed by atoms with Crippen molar-refractivity contribution in [2.45, 2.75) is 0 Å². The highest BCUT2D eigenvalue weighted by Gasteiger charge is 2.12. The topological polar surface area (TPSA) is 95.1 Å². The molecule has 0 atom stereocenters. The van der Waals surface area contributed by atoms with Gasteiger partial charge in [0.25, 0.3) is 0 Å². The number of aromatic amines is 1. The monoisotopic (exact) mass is 205 g/mol. The van der Waals surface area contributed by atoms with Crippen molar-refractivity contribution in [2.75, 3.05) is 5.32 Å². The molecule has 76 valence electrons. The predicted molar refractivity (Wildman–Crippen MR) is 52.7 cm³/mol. The molecule has 0 saturated carbocycles. The Balaban J connectivity index is 2.67. The van der Waals surface area contributed by atoms with E-state index in [0.29, 0.717) is 17.4 Å². The molecule has 2 rings (SSSR count). The standard InChI is InChI=1S/C9H7N3O3/c13-4-12-6-2-8-7(10-3-11-8)1-5(6)9(14)15/h1-4H,(H,10,11)(H,12,13)(H,14,15). The number of carbonyl (C=O) groups excluding carboxylic acids is 1. The first kappa shape index (κ1) is 9.20. The van der Waals surface area contributed by atoms with Crippen molar-refractivity contribution in [1.82, 2.24) is 9.97 Å². The number of hydrogen-bond donors (Lipinski definition) is 3. The van der Waals surface area contributed by atoms with Crippen LogP contribution in [0.4, 0.5) is 5.69 Å². The second-order valence-corrected chi connectivity index (χ2v) is 2.88. The van der Waals surface area contributed by atoms with Crippen molar-refractivity contribution < 1.29 is 14.7 Å². The Morgan fingerprint density at radius 1 is 1.53 bits per heavy atom. The number of carbonyl (C=O) groups is 2. The second-order valence-electron chi connectivity index (χ2n) is 2.88. The van der Waals surface area contributed by atoms with Crippen molar-refractivity contribution in [3.05, 3.63) is 24.0 Å². The van der Waals surface area contributed by atoms with E-state index in [2.05, 4.69) is 15.3 Å². The van der Waals surface area contributed by atoms with Gasteiger partial charge in [-0.1, -0.05) is 0 Å². The molecule has 1 aromatic carbocycles. The zero-order valence-corrected chi connectivity index (χ0v) is 7.52. The van der Waals surface area contributed by atoms with E-state index in [4.69, 9.17) is 5.11 Å². The summed E-state index contributed by atoms with van der Waals surface area (Å²) in [7, 11) is 0. The van der Waals surface area contributed by atoms with E-state index in [1.54, 1.807) is 0 Å². The van der Waals surface area contributed by atoms with Crippen LogP contribution >= 0.6 is 0 Å². The Morgan fingerprint density at radius 2 is 2.33 bits per heavy atom. The van der Waals surface area contributed by atoms with Gasteiger partial charge >= 0.3 is 5.97 Å². The summed E-state index contributed by atoms with van der Waals surface area (Å²) in [5.74, 6) is -1.10. The van der Waals surface area contributed by atoms with Gasteiger partial charge in [0.05, 0.1) is 28.6 Å². The number of fused-ring (bicyclic) bond motifs is 1. The Bertz CT molecular complexity index is 532. The number of imidazole rings is 1. The van der Waals surface area contributed by atoms with E-state index in [1.165, 1.54) is 18.5 Å². The number of rotatable bonds is 3. The number of anilines is 1. The van der Waals surface area contributed by atoms with E-state index in [1.807, 2.05) is 0 Å². The molecule has 6 heteroatoms. The van der Waals surface area contributed by atoms with Gasteiger partial charge in [0, 0.05) is 0 Å². The highest BCUT2D eigenvalue weighted by atomic mass is 16.4. The summed E-state index contributed by atoms with van der Waals surface area (Å²) < 4.78 is 0. The highest BCUT2D eigenvalue weighted by molar-refractivity contribution is 6.01. The van der Waals surface area contributed by atoms with Crippen LogP contribution < -0.4 is 5.32 Å². The summed E-state index contributed by atoms with van der Waals surface area (Å²) in [5.41, 5.74) is 1.48. The number of carboxylic acid groups (broad SMARTS) is 1. The van der Waals surface area contributed by atoms with Crippen LogP contribution in [0, 0.1) is 0 Å². The Morgan fingerprint density at radius 3 is 3.00 bits per heavy atom. The lowest BCUT2D eigenvalue weighted by molar-refractivity contribution is -0.105. The Kier molecular flexibility index (Phi) is 2.09. The SMILES string of the molecule is O=CNc1cc2nc[nH]c2cc1C(=O)O. The fourth-order valence-electron chi connectivity index (χ4n) is 1.34. The molecular weight excluding hydrogens is 198 g/mol. The lowest BCUT2D eigenvalue weighted by Gasteiger charge is -2.03. The van der Waals surface area contributed by atoms with Gasteiger partial charge in [0.1, 0.15) is 0 Å².